The normalized spacial score (nSPS) is 12.6. The van der Waals surface area contributed by atoms with Crippen LogP contribution in [0.3, 0.4) is 0 Å². The Hall–Kier alpha value is -1.36. The predicted octanol–water partition coefficient (Wildman–Crippen LogP) is 1.89. The number of ether oxygens (including phenoxy) is 3. The number of carbonyl (C=O) groups excluding carboxylic acids is 1. The lowest BCUT2D eigenvalue weighted by atomic mass is 10.2. The van der Waals surface area contributed by atoms with Gasteiger partial charge in [-0.2, -0.15) is 0 Å². The van der Waals surface area contributed by atoms with Gasteiger partial charge < -0.3 is 14.2 Å². The first-order valence-electron chi connectivity index (χ1n) is 4.37. The van der Waals surface area contributed by atoms with E-state index in [0.717, 1.165) is 0 Å². The van der Waals surface area contributed by atoms with Crippen molar-refractivity contribution in [3.8, 4) is 11.5 Å². The van der Waals surface area contributed by atoms with E-state index in [-0.39, 0.29) is 12.8 Å². The summed E-state index contributed by atoms with van der Waals surface area (Å²) in [6.45, 7) is 0.207. The Balaban J connectivity index is 2.12. The fourth-order valence-electron chi connectivity index (χ4n) is 1.22. The quantitative estimate of drug-likeness (QED) is 0.581. The van der Waals surface area contributed by atoms with Gasteiger partial charge in [0.25, 0.3) is 0 Å². The van der Waals surface area contributed by atoms with E-state index >= 15 is 0 Å². The number of carbonyl (C=O) groups is 1. The molecule has 1 aliphatic heterocycles. The molecule has 0 saturated carbocycles. The van der Waals surface area contributed by atoms with Gasteiger partial charge in [0.1, 0.15) is 5.94 Å². The number of fused-ring (bicyclic) bond motifs is 1. The average molecular weight is 226 g/mol. The zero-order valence-electron chi connectivity index (χ0n) is 8.19. The molecule has 0 saturated heterocycles. The molecule has 1 aliphatic rings. The molecule has 0 aliphatic carbocycles. The Labute approximate surface area is 91.5 Å². The maximum Gasteiger partial charge on any atom is 0.339 e. The second-order valence-corrected chi connectivity index (χ2v) is 3.72. The van der Waals surface area contributed by atoms with Crippen LogP contribution in [0.5, 0.6) is 11.5 Å². The molecule has 0 aromatic heterocycles. The third kappa shape index (κ3) is 2.18. The van der Waals surface area contributed by atoms with Crippen molar-refractivity contribution >= 4 is 17.7 Å². The molecule has 0 amide bonds. The summed E-state index contributed by atoms with van der Waals surface area (Å²) in [7, 11) is 0. The van der Waals surface area contributed by atoms with Gasteiger partial charge in [-0.25, -0.2) is 4.79 Å². The summed E-state index contributed by atoms with van der Waals surface area (Å²) in [5.74, 6) is 1.26. The zero-order chi connectivity index (χ0) is 10.7. The molecule has 0 radical (unpaired) electrons. The van der Waals surface area contributed by atoms with E-state index < -0.39 is 0 Å². The van der Waals surface area contributed by atoms with E-state index in [9.17, 15) is 4.79 Å². The Morgan fingerprint density at radius 3 is 3.07 bits per heavy atom. The van der Waals surface area contributed by atoms with Crippen LogP contribution in [0.25, 0.3) is 0 Å². The van der Waals surface area contributed by atoms with E-state index in [1.54, 1.807) is 18.2 Å². The van der Waals surface area contributed by atoms with Gasteiger partial charge in [-0.05, 0) is 24.5 Å². The van der Waals surface area contributed by atoms with Crippen LogP contribution in [-0.4, -0.2) is 25.0 Å². The van der Waals surface area contributed by atoms with E-state index in [4.69, 9.17) is 14.2 Å². The van der Waals surface area contributed by atoms with Crippen molar-refractivity contribution in [2.24, 2.45) is 0 Å². The highest BCUT2D eigenvalue weighted by molar-refractivity contribution is 7.98. The molecule has 0 fully saturated rings. The van der Waals surface area contributed by atoms with E-state index in [1.165, 1.54) is 11.8 Å². The molecule has 15 heavy (non-hydrogen) atoms. The van der Waals surface area contributed by atoms with Crippen LogP contribution in [0.15, 0.2) is 18.2 Å². The molecule has 1 heterocycles. The van der Waals surface area contributed by atoms with Gasteiger partial charge in [0.05, 0.1) is 5.56 Å². The van der Waals surface area contributed by atoms with Crippen LogP contribution >= 0.6 is 11.8 Å². The van der Waals surface area contributed by atoms with Crippen molar-refractivity contribution in [1.82, 2.24) is 0 Å². The minimum absolute atomic E-state index is 0.207. The molecule has 5 heteroatoms. The molecule has 2 rings (SSSR count). The van der Waals surface area contributed by atoms with Crippen LogP contribution in [0, 0.1) is 0 Å². The molecule has 1 aromatic rings. The van der Waals surface area contributed by atoms with Crippen LogP contribution in [0.4, 0.5) is 0 Å². The molecule has 80 valence electrons. The van der Waals surface area contributed by atoms with Crippen molar-refractivity contribution in [3.63, 3.8) is 0 Å². The summed E-state index contributed by atoms with van der Waals surface area (Å²) in [6.07, 6.45) is 1.87. The van der Waals surface area contributed by atoms with E-state index in [0.29, 0.717) is 23.0 Å². The molecule has 0 unspecified atom stereocenters. The first-order valence-corrected chi connectivity index (χ1v) is 5.76. The van der Waals surface area contributed by atoms with Gasteiger partial charge in [0.2, 0.25) is 6.79 Å². The second kappa shape index (κ2) is 4.44. The highest BCUT2D eigenvalue weighted by atomic mass is 32.2. The minimum atomic E-state index is -0.345. The van der Waals surface area contributed by atoms with Gasteiger partial charge in [-0.3, -0.25) is 0 Å². The highest BCUT2D eigenvalue weighted by Crippen LogP contribution is 2.32. The molecule has 0 atom stereocenters. The number of thioether (sulfide) groups is 1. The van der Waals surface area contributed by atoms with Gasteiger partial charge in [-0.15, -0.1) is 11.8 Å². The third-order valence-corrected chi connectivity index (χ3v) is 2.27. The second-order valence-electron chi connectivity index (χ2n) is 2.91. The smallest absolute Gasteiger partial charge is 0.339 e. The Kier molecular flexibility index (Phi) is 3.01. The third-order valence-electron chi connectivity index (χ3n) is 1.92. The molecule has 0 spiro atoms. The Morgan fingerprint density at radius 1 is 1.47 bits per heavy atom. The topological polar surface area (TPSA) is 44.8 Å². The van der Waals surface area contributed by atoms with Crippen LogP contribution < -0.4 is 9.47 Å². The first kappa shape index (κ1) is 10.2. The Bertz CT molecular complexity index is 378. The minimum Gasteiger partial charge on any atom is -0.454 e. The molecule has 0 bridgehead atoms. The van der Waals surface area contributed by atoms with Crippen molar-refractivity contribution in [2.75, 3.05) is 19.0 Å². The fourth-order valence-corrected chi connectivity index (χ4v) is 1.44. The maximum absolute atomic E-state index is 11.5. The number of esters is 1. The molecular formula is C10H10O4S. The van der Waals surface area contributed by atoms with E-state index in [1.807, 2.05) is 6.26 Å². The van der Waals surface area contributed by atoms with Crippen LogP contribution in [0.1, 0.15) is 10.4 Å². The lowest BCUT2D eigenvalue weighted by molar-refractivity contribution is 0.0579. The number of rotatable bonds is 3. The number of hydrogen-bond donors (Lipinski definition) is 0. The predicted molar refractivity (Wildman–Crippen MR) is 56.4 cm³/mol. The summed E-state index contributed by atoms with van der Waals surface area (Å²) in [4.78, 5) is 11.5. The van der Waals surface area contributed by atoms with E-state index in [2.05, 4.69) is 0 Å². The molecule has 4 nitrogen and oxygen atoms in total. The zero-order valence-corrected chi connectivity index (χ0v) is 9.00. The van der Waals surface area contributed by atoms with Gasteiger partial charge in [0, 0.05) is 0 Å². The summed E-state index contributed by atoms with van der Waals surface area (Å²) in [5.41, 5.74) is 0.480. The number of hydrogen-bond acceptors (Lipinski definition) is 5. The highest BCUT2D eigenvalue weighted by Gasteiger charge is 2.16. The summed E-state index contributed by atoms with van der Waals surface area (Å²) >= 11 is 1.45. The van der Waals surface area contributed by atoms with Crippen LogP contribution in [-0.2, 0) is 4.74 Å². The van der Waals surface area contributed by atoms with Gasteiger partial charge in [0.15, 0.2) is 11.5 Å². The average Bonchev–Trinajstić information content (AvgIpc) is 2.72. The summed E-state index contributed by atoms with van der Waals surface area (Å²) in [6, 6.07) is 5.00. The molecule has 0 N–H and O–H groups in total. The largest absolute Gasteiger partial charge is 0.454 e. The fraction of sp³-hybridized carbons (Fsp3) is 0.300. The first-order chi connectivity index (χ1) is 7.31. The lowest BCUT2D eigenvalue weighted by Crippen LogP contribution is -2.04. The number of benzene rings is 1. The standard InChI is InChI=1S/C10H10O4S/c1-15-6-14-10(11)7-2-3-8-9(4-7)13-5-12-8/h2-4H,5-6H2,1H3. The Morgan fingerprint density at radius 2 is 2.27 bits per heavy atom. The maximum atomic E-state index is 11.5. The van der Waals surface area contributed by atoms with Crippen molar-refractivity contribution < 1.29 is 19.0 Å². The monoisotopic (exact) mass is 226 g/mol. The summed E-state index contributed by atoms with van der Waals surface area (Å²) in [5, 5.41) is 0. The van der Waals surface area contributed by atoms with Gasteiger partial charge >= 0.3 is 5.97 Å². The van der Waals surface area contributed by atoms with Crippen molar-refractivity contribution in [1.29, 1.82) is 0 Å². The lowest BCUT2D eigenvalue weighted by Gasteiger charge is -2.03. The van der Waals surface area contributed by atoms with Crippen molar-refractivity contribution in [2.45, 2.75) is 0 Å². The SMILES string of the molecule is CSCOC(=O)c1ccc2c(c1)OCO2. The molecule has 1 aromatic carbocycles. The van der Waals surface area contributed by atoms with Crippen molar-refractivity contribution in [3.05, 3.63) is 23.8 Å². The van der Waals surface area contributed by atoms with Gasteiger partial charge in [-0.1, -0.05) is 0 Å². The summed E-state index contributed by atoms with van der Waals surface area (Å²) < 4.78 is 15.3. The van der Waals surface area contributed by atoms with Crippen LogP contribution in [0.2, 0.25) is 0 Å². The molecular weight excluding hydrogens is 216 g/mol.